The molecule has 0 fully saturated rings. The molecule has 2 nitrogen and oxygen atoms in total. The molecule has 0 saturated carbocycles. The Morgan fingerprint density at radius 3 is 2.87 bits per heavy atom. The number of rotatable bonds is 7. The van der Waals surface area contributed by atoms with Gasteiger partial charge in [0.1, 0.15) is 5.76 Å². The molecule has 1 rings (SSSR count). The van der Waals surface area contributed by atoms with E-state index in [1.54, 1.807) is 6.26 Å². The van der Waals surface area contributed by atoms with Gasteiger partial charge in [0.15, 0.2) is 0 Å². The lowest BCUT2D eigenvalue weighted by molar-refractivity contribution is 0.474. The SMILES string of the molecule is CCC(C)SCC(Cc1ccco1)NC. The minimum Gasteiger partial charge on any atom is -0.469 e. The average Bonchev–Trinajstić information content (AvgIpc) is 2.76. The minimum absolute atomic E-state index is 0.509. The van der Waals surface area contributed by atoms with Crippen LogP contribution >= 0.6 is 11.8 Å². The number of furan rings is 1. The third-order valence-electron chi connectivity index (χ3n) is 2.59. The van der Waals surface area contributed by atoms with Crippen molar-refractivity contribution in [3.05, 3.63) is 24.2 Å². The maximum Gasteiger partial charge on any atom is 0.105 e. The number of likely N-dealkylation sites (N-methyl/N-ethyl adjacent to an activating group) is 1. The van der Waals surface area contributed by atoms with E-state index in [2.05, 4.69) is 19.2 Å². The molecule has 0 spiro atoms. The van der Waals surface area contributed by atoms with Crippen LogP contribution in [-0.4, -0.2) is 24.1 Å². The van der Waals surface area contributed by atoms with E-state index in [0.717, 1.165) is 23.2 Å². The molecular formula is C12H21NOS. The van der Waals surface area contributed by atoms with Crippen LogP contribution in [0.1, 0.15) is 26.0 Å². The van der Waals surface area contributed by atoms with Crippen molar-refractivity contribution in [2.75, 3.05) is 12.8 Å². The summed E-state index contributed by atoms with van der Waals surface area (Å²) in [5.41, 5.74) is 0. The lowest BCUT2D eigenvalue weighted by Crippen LogP contribution is -2.30. The van der Waals surface area contributed by atoms with Crippen LogP contribution in [0.5, 0.6) is 0 Å². The monoisotopic (exact) mass is 227 g/mol. The number of thioether (sulfide) groups is 1. The first-order valence-electron chi connectivity index (χ1n) is 5.57. The largest absolute Gasteiger partial charge is 0.469 e. The number of hydrogen-bond donors (Lipinski definition) is 1. The van der Waals surface area contributed by atoms with E-state index in [0.29, 0.717) is 6.04 Å². The van der Waals surface area contributed by atoms with Crippen molar-refractivity contribution in [3.63, 3.8) is 0 Å². The lowest BCUT2D eigenvalue weighted by Gasteiger charge is -2.16. The predicted octanol–water partition coefficient (Wildman–Crippen LogP) is 2.94. The summed E-state index contributed by atoms with van der Waals surface area (Å²) in [6.45, 7) is 4.52. The smallest absolute Gasteiger partial charge is 0.105 e. The quantitative estimate of drug-likeness (QED) is 0.775. The molecule has 86 valence electrons. The molecule has 1 heterocycles. The highest BCUT2D eigenvalue weighted by atomic mass is 32.2. The van der Waals surface area contributed by atoms with Crippen LogP contribution < -0.4 is 5.32 Å². The van der Waals surface area contributed by atoms with Gasteiger partial charge < -0.3 is 9.73 Å². The Kier molecular flexibility index (Phi) is 5.88. The van der Waals surface area contributed by atoms with Crippen molar-refractivity contribution in [1.82, 2.24) is 5.32 Å². The van der Waals surface area contributed by atoms with E-state index in [1.165, 1.54) is 6.42 Å². The maximum absolute atomic E-state index is 5.35. The van der Waals surface area contributed by atoms with Crippen molar-refractivity contribution in [1.29, 1.82) is 0 Å². The summed E-state index contributed by atoms with van der Waals surface area (Å²) in [5, 5.41) is 4.09. The van der Waals surface area contributed by atoms with E-state index >= 15 is 0 Å². The molecule has 0 aliphatic heterocycles. The molecule has 3 heteroatoms. The van der Waals surface area contributed by atoms with Crippen LogP contribution in [-0.2, 0) is 6.42 Å². The van der Waals surface area contributed by atoms with E-state index < -0.39 is 0 Å². The van der Waals surface area contributed by atoms with Crippen molar-refractivity contribution in [2.24, 2.45) is 0 Å². The van der Waals surface area contributed by atoms with Crippen LogP contribution in [0.25, 0.3) is 0 Å². The lowest BCUT2D eigenvalue weighted by atomic mass is 10.2. The van der Waals surface area contributed by atoms with Crippen LogP contribution in [0.3, 0.4) is 0 Å². The normalized spacial score (nSPS) is 15.1. The Morgan fingerprint density at radius 2 is 2.33 bits per heavy atom. The van der Waals surface area contributed by atoms with E-state index in [4.69, 9.17) is 4.42 Å². The molecule has 0 amide bonds. The van der Waals surface area contributed by atoms with Gasteiger partial charge in [-0.25, -0.2) is 0 Å². The van der Waals surface area contributed by atoms with E-state index in [-0.39, 0.29) is 0 Å². The first-order valence-corrected chi connectivity index (χ1v) is 6.62. The summed E-state index contributed by atoms with van der Waals surface area (Å²) < 4.78 is 5.35. The first-order chi connectivity index (χ1) is 7.26. The molecule has 1 aromatic heterocycles. The molecule has 0 radical (unpaired) electrons. The number of nitrogens with one attached hydrogen (secondary N) is 1. The molecule has 0 saturated heterocycles. The Labute approximate surface area is 96.8 Å². The summed E-state index contributed by atoms with van der Waals surface area (Å²) in [4.78, 5) is 0. The standard InChI is InChI=1S/C12H21NOS/c1-4-10(2)15-9-11(13-3)8-12-6-5-7-14-12/h5-7,10-11,13H,4,8-9H2,1-3H3. The molecule has 1 N–H and O–H groups in total. The van der Waals surface area contributed by atoms with Gasteiger partial charge in [0.25, 0.3) is 0 Å². The van der Waals surface area contributed by atoms with Crippen LogP contribution in [0.4, 0.5) is 0 Å². The molecule has 0 bridgehead atoms. The van der Waals surface area contributed by atoms with Gasteiger partial charge in [-0.05, 0) is 25.6 Å². The van der Waals surface area contributed by atoms with Crippen molar-refractivity contribution in [3.8, 4) is 0 Å². The summed E-state index contributed by atoms with van der Waals surface area (Å²) >= 11 is 2.03. The van der Waals surface area contributed by atoms with Gasteiger partial charge in [-0.15, -0.1) is 0 Å². The summed E-state index contributed by atoms with van der Waals surface area (Å²) in [5.74, 6) is 2.21. The van der Waals surface area contributed by atoms with E-state index in [9.17, 15) is 0 Å². The van der Waals surface area contributed by atoms with Gasteiger partial charge in [0.05, 0.1) is 6.26 Å². The molecule has 0 aliphatic rings. The predicted molar refractivity (Wildman–Crippen MR) is 67.5 cm³/mol. The van der Waals surface area contributed by atoms with Crippen LogP contribution in [0, 0.1) is 0 Å². The third kappa shape index (κ3) is 4.76. The zero-order valence-corrected chi connectivity index (χ0v) is 10.6. The van der Waals surface area contributed by atoms with Gasteiger partial charge in [-0.3, -0.25) is 0 Å². The molecule has 15 heavy (non-hydrogen) atoms. The van der Waals surface area contributed by atoms with Gasteiger partial charge in [-0.1, -0.05) is 13.8 Å². The molecule has 0 aliphatic carbocycles. The van der Waals surface area contributed by atoms with Crippen LogP contribution in [0.2, 0.25) is 0 Å². The van der Waals surface area contributed by atoms with Gasteiger partial charge in [-0.2, -0.15) is 11.8 Å². The minimum atomic E-state index is 0.509. The molecule has 0 aromatic carbocycles. The molecule has 1 aromatic rings. The Bertz CT molecular complexity index is 248. The number of hydrogen-bond acceptors (Lipinski definition) is 3. The Balaban J connectivity index is 2.30. The third-order valence-corrected chi connectivity index (χ3v) is 4.09. The molecular weight excluding hydrogens is 206 g/mol. The molecule has 2 atom stereocenters. The zero-order chi connectivity index (χ0) is 11.1. The Morgan fingerprint density at radius 1 is 1.53 bits per heavy atom. The maximum atomic E-state index is 5.35. The van der Waals surface area contributed by atoms with E-state index in [1.807, 2.05) is 30.9 Å². The second kappa shape index (κ2) is 6.96. The second-order valence-corrected chi connectivity index (χ2v) is 5.29. The van der Waals surface area contributed by atoms with Crippen LogP contribution in [0.15, 0.2) is 22.8 Å². The fourth-order valence-electron chi connectivity index (χ4n) is 1.31. The summed E-state index contributed by atoms with van der Waals surface area (Å²) in [6, 6.07) is 4.50. The van der Waals surface area contributed by atoms with Gasteiger partial charge >= 0.3 is 0 Å². The first kappa shape index (κ1) is 12.7. The van der Waals surface area contributed by atoms with Crippen molar-refractivity contribution < 1.29 is 4.42 Å². The second-order valence-electron chi connectivity index (χ2n) is 3.82. The fraction of sp³-hybridized carbons (Fsp3) is 0.667. The fourth-order valence-corrected chi connectivity index (χ4v) is 2.40. The van der Waals surface area contributed by atoms with Gasteiger partial charge in [0, 0.05) is 23.5 Å². The van der Waals surface area contributed by atoms with Crippen molar-refractivity contribution in [2.45, 2.75) is 38.0 Å². The Hall–Kier alpha value is -0.410. The zero-order valence-electron chi connectivity index (χ0n) is 9.82. The topological polar surface area (TPSA) is 25.2 Å². The molecule has 2 unspecified atom stereocenters. The summed E-state index contributed by atoms with van der Waals surface area (Å²) in [7, 11) is 2.02. The highest BCUT2D eigenvalue weighted by Gasteiger charge is 2.10. The average molecular weight is 227 g/mol. The van der Waals surface area contributed by atoms with Gasteiger partial charge in [0.2, 0.25) is 0 Å². The summed E-state index contributed by atoms with van der Waals surface area (Å²) in [6.07, 6.45) is 3.96. The highest BCUT2D eigenvalue weighted by Crippen LogP contribution is 2.16. The van der Waals surface area contributed by atoms with Crippen molar-refractivity contribution >= 4 is 11.8 Å². The highest BCUT2D eigenvalue weighted by molar-refractivity contribution is 7.99.